The van der Waals surface area contributed by atoms with Crippen molar-refractivity contribution in [1.82, 2.24) is 25.5 Å². The van der Waals surface area contributed by atoms with Crippen LogP contribution in [0.5, 0.6) is 0 Å². The molecule has 7 nitrogen and oxygen atoms in total. The van der Waals surface area contributed by atoms with Gasteiger partial charge in [-0.1, -0.05) is 17.8 Å². The highest BCUT2D eigenvalue weighted by Crippen LogP contribution is 2.18. The summed E-state index contributed by atoms with van der Waals surface area (Å²) in [4.78, 5) is 11.8. The molecule has 1 amide bonds. The molecule has 0 radical (unpaired) electrons. The molecular formula is C15H20FN5O2S. The van der Waals surface area contributed by atoms with Gasteiger partial charge in [0.15, 0.2) is 0 Å². The molecule has 0 fully saturated rings. The number of nitrogens with one attached hydrogen (secondary N) is 1. The van der Waals surface area contributed by atoms with Gasteiger partial charge in [0, 0.05) is 13.2 Å². The molecule has 130 valence electrons. The first-order chi connectivity index (χ1) is 11.6. The van der Waals surface area contributed by atoms with Crippen LogP contribution in [0.25, 0.3) is 5.69 Å². The number of tetrazole rings is 1. The summed E-state index contributed by atoms with van der Waals surface area (Å²) in [7, 11) is 0. The topological polar surface area (TPSA) is 81.9 Å². The van der Waals surface area contributed by atoms with Gasteiger partial charge in [0.05, 0.1) is 17.5 Å². The van der Waals surface area contributed by atoms with Crippen molar-refractivity contribution in [2.75, 3.05) is 18.9 Å². The molecule has 1 N–H and O–H groups in total. The monoisotopic (exact) mass is 353 g/mol. The minimum absolute atomic E-state index is 0.113. The van der Waals surface area contributed by atoms with Gasteiger partial charge in [0.25, 0.3) is 0 Å². The van der Waals surface area contributed by atoms with Gasteiger partial charge in [-0.2, -0.15) is 4.68 Å². The normalized spacial score (nSPS) is 11.0. The zero-order chi connectivity index (χ0) is 17.4. The molecule has 1 aromatic heterocycles. The molecule has 0 unspecified atom stereocenters. The van der Waals surface area contributed by atoms with Crippen LogP contribution < -0.4 is 5.32 Å². The average Bonchev–Trinajstić information content (AvgIpc) is 3.01. The van der Waals surface area contributed by atoms with Crippen molar-refractivity contribution in [3.8, 4) is 5.69 Å². The summed E-state index contributed by atoms with van der Waals surface area (Å²) in [5.74, 6) is -0.306. The van der Waals surface area contributed by atoms with Crippen LogP contribution in [0.1, 0.15) is 20.3 Å². The van der Waals surface area contributed by atoms with E-state index in [1.807, 2.05) is 13.8 Å². The fraction of sp³-hybridized carbons (Fsp3) is 0.467. The van der Waals surface area contributed by atoms with E-state index in [4.69, 9.17) is 4.74 Å². The van der Waals surface area contributed by atoms with Crippen LogP contribution in [0.4, 0.5) is 4.39 Å². The van der Waals surface area contributed by atoms with Gasteiger partial charge in [-0.3, -0.25) is 4.79 Å². The van der Waals surface area contributed by atoms with Crippen LogP contribution >= 0.6 is 11.8 Å². The van der Waals surface area contributed by atoms with Gasteiger partial charge < -0.3 is 10.1 Å². The lowest BCUT2D eigenvalue weighted by molar-refractivity contribution is -0.118. The zero-order valence-corrected chi connectivity index (χ0v) is 14.4. The summed E-state index contributed by atoms with van der Waals surface area (Å²) in [5, 5.41) is 14.5. The van der Waals surface area contributed by atoms with E-state index in [9.17, 15) is 9.18 Å². The molecule has 0 atom stereocenters. The van der Waals surface area contributed by atoms with E-state index in [1.165, 1.54) is 28.6 Å². The van der Waals surface area contributed by atoms with Crippen LogP contribution in [-0.2, 0) is 9.53 Å². The van der Waals surface area contributed by atoms with E-state index in [0.29, 0.717) is 24.0 Å². The van der Waals surface area contributed by atoms with E-state index < -0.39 is 0 Å². The number of thioether (sulfide) groups is 1. The van der Waals surface area contributed by atoms with E-state index in [-0.39, 0.29) is 23.6 Å². The molecule has 0 aliphatic rings. The molecule has 0 aliphatic heterocycles. The van der Waals surface area contributed by atoms with Crippen LogP contribution in [0.3, 0.4) is 0 Å². The predicted molar refractivity (Wildman–Crippen MR) is 88.6 cm³/mol. The third kappa shape index (κ3) is 5.89. The molecule has 0 aliphatic carbocycles. The van der Waals surface area contributed by atoms with Gasteiger partial charge in [0.1, 0.15) is 5.82 Å². The summed E-state index contributed by atoms with van der Waals surface area (Å²) in [6.07, 6.45) is 0.952. The Bertz CT molecular complexity index is 665. The second-order valence-electron chi connectivity index (χ2n) is 5.26. The standard InChI is InChI=1S/C15H20FN5O2S/c1-11(2)23-8-4-7-17-14(22)10-24-15-18-19-20-21(15)13-6-3-5-12(16)9-13/h3,5-6,9,11H,4,7-8,10H2,1-2H3,(H,17,22). The second-order valence-corrected chi connectivity index (χ2v) is 6.21. The minimum Gasteiger partial charge on any atom is -0.379 e. The maximum Gasteiger partial charge on any atom is 0.230 e. The zero-order valence-electron chi connectivity index (χ0n) is 13.6. The number of aromatic nitrogens is 4. The average molecular weight is 353 g/mol. The summed E-state index contributed by atoms with van der Waals surface area (Å²) in [6.45, 7) is 5.11. The lowest BCUT2D eigenvalue weighted by atomic mass is 10.3. The van der Waals surface area contributed by atoms with Gasteiger partial charge in [-0.25, -0.2) is 4.39 Å². The van der Waals surface area contributed by atoms with Crippen molar-refractivity contribution in [2.24, 2.45) is 0 Å². The highest BCUT2D eigenvalue weighted by Gasteiger charge is 2.11. The molecule has 0 spiro atoms. The Hall–Kier alpha value is -2.00. The Morgan fingerprint density at radius 3 is 3.04 bits per heavy atom. The Kier molecular flexibility index (Phi) is 7.13. The van der Waals surface area contributed by atoms with Crippen LogP contribution in [-0.4, -0.2) is 51.1 Å². The Morgan fingerprint density at radius 1 is 1.46 bits per heavy atom. The summed E-state index contributed by atoms with van der Waals surface area (Å²) < 4.78 is 20.1. The third-order valence-electron chi connectivity index (χ3n) is 2.92. The van der Waals surface area contributed by atoms with E-state index in [1.54, 1.807) is 12.1 Å². The van der Waals surface area contributed by atoms with Crippen LogP contribution in [0.2, 0.25) is 0 Å². The first-order valence-corrected chi connectivity index (χ1v) is 8.60. The van der Waals surface area contributed by atoms with Crippen molar-refractivity contribution < 1.29 is 13.9 Å². The first kappa shape index (κ1) is 18.3. The number of amides is 1. The largest absolute Gasteiger partial charge is 0.379 e. The maximum absolute atomic E-state index is 13.3. The van der Waals surface area contributed by atoms with E-state index in [2.05, 4.69) is 20.8 Å². The van der Waals surface area contributed by atoms with Crippen molar-refractivity contribution in [3.05, 3.63) is 30.1 Å². The molecule has 1 heterocycles. The molecule has 0 saturated carbocycles. The summed E-state index contributed by atoms with van der Waals surface area (Å²) in [5.41, 5.74) is 0.508. The number of benzene rings is 1. The number of ether oxygens (including phenoxy) is 1. The molecule has 24 heavy (non-hydrogen) atoms. The lowest BCUT2D eigenvalue weighted by Crippen LogP contribution is -2.27. The van der Waals surface area contributed by atoms with E-state index in [0.717, 1.165) is 6.42 Å². The van der Waals surface area contributed by atoms with Crippen LogP contribution in [0, 0.1) is 5.82 Å². The third-order valence-corrected chi connectivity index (χ3v) is 3.84. The summed E-state index contributed by atoms with van der Waals surface area (Å²) >= 11 is 1.19. The van der Waals surface area contributed by atoms with Gasteiger partial charge in [-0.05, 0) is 48.9 Å². The Labute approximate surface area is 144 Å². The molecular weight excluding hydrogens is 333 g/mol. The number of carbonyl (C=O) groups is 1. The number of nitrogens with zero attached hydrogens (tertiary/aromatic N) is 4. The van der Waals surface area contributed by atoms with Crippen molar-refractivity contribution in [3.63, 3.8) is 0 Å². The Morgan fingerprint density at radius 2 is 2.29 bits per heavy atom. The smallest absolute Gasteiger partial charge is 0.230 e. The lowest BCUT2D eigenvalue weighted by Gasteiger charge is -2.08. The van der Waals surface area contributed by atoms with Crippen molar-refractivity contribution in [1.29, 1.82) is 0 Å². The Balaban J connectivity index is 1.79. The number of halogens is 1. The number of rotatable bonds is 9. The molecule has 9 heteroatoms. The van der Waals surface area contributed by atoms with E-state index >= 15 is 0 Å². The quantitative estimate of drug-likeness (QED) is 0.547. The first-order valence-electron chi connectivity index (χ1n) is 7.61. The van der Waals surface area contributed by atoms with Gasteiger partial charge >= 0.3 is 0 Å². The number of hydrogen-bond donors (Lipinski definition) is 1. The molecule has 0 saturated heterocycles. The maximum atomic E-state index is 13.3. The molecule has 1 aromatic carbocycles. The highest BCUT2D eigenvalue weighted by atomic mass is 32.2. The van der Waals surface area contributed by atoms with Crippen LogP contribution in [0.15, 0.2) is 29.4 Å². The molecule has 2 rings (SSSR count). The second kappa shape index (κ2) is 9.33. The molecule has 0 bridgehead atoms. The SMILES string of the molecule is CC(C)OCCCNC(=O)CSc1nnnn1-c1cccc(F)c1. The fourth-order valence-corrected chi connectivity index (χ4v) is 2.56. The fourth-order valence-electron chi connectivity index (χ4n) is 1.84. The minimum atomic E-state index is -0.375. The predicted octanol–water partition coefficient (Wildman–Crippen LogP) is 1.82. The highest BCUT2D eigenvalue weighted by molar-refractivity contribution is 7.99. The van der Waals surface area contributed by atoms with Crippen molar-refractivity contribution >= 4 is 17.7 Å². The summed E-state index contributed by atoms with van der Waals surface area (Å²) in [6, 6.07) is 5.94. The van der Waals surface area contributed by atoms with Gasteiger partial charge in [-0.15, -0.1) is 5.10 Å². The molecule has 2 aromatic rings. The number of carbonyl (C=O) groups excluding carboxylic acids is 1. The van der Waals surface area contributed by atoms with Crippen molar-refractivity contribution in [2.45, 2.75) is 31.5 Å². The number of hydrogen-bond acceptors (Lipinski definition) is 6. The van der Waals surface area contributed by atoms with Gasteiger partial charge in [0.2, 0.25) is 11.1 Å².